The lowest BCUT2D eigenvalue weighted by molar-refractivity contribution is 0.234. The maximum atomic E-state index is 4.46. The van der Waals surface area contributed by atoms with Crippen LogP contribution in [0.4, 0.5) is 0 Å². The van der Waals surface area contributed by atoms with Gasteiger partial charge in [-0.1, -0.05) is 27.7 Å². The van der Waals surface area contributed by atoms with Gasteiger partial charge in [0.25, 0.3) is 0 Å². The van der Waals surface area contributed by atoms with E-state index in [4.69, 9.17) is 0 Å². The van der Waals surface area contributed by atoms with Crippen molar-refractivity contribution in [2.75, 3.05) is 6.54 Å². The molecule has 18 heavy (non-hydrogen) atoms. The van der Waals surface area contributed by atoms with E-state index in [0.717, 1.165) is 18.7 Å². The standard InChI is InChI=1S/C15H29N3/c1-7-15(8-2,11-16-12(3)4)10-14-9-13(5)17-18(14)6/h9,12,16H,7-8,10-11H2,1-6H3. The number of hydrogen-bond acceptors (Lipinski definition) is 2. The lowest BCUT2D eigenvalue weighted by Crippen LogP contribution is -2.38. The number of aryl methyl sites for hydroxylation is 2. The molecule has 104 valence electrons. The van der Waals surface area contributed by atoms with Crippen molar-refractivity contribution >= 4 is 0 Å². The summed E-state index contributed by atoms with van der Waals surface area (Å²) in [4.78, 5) is 0. The molecule has 0 aliphatic carbocycles. The molecule has 0 unspecified atom stereocenters. The molecule has 3 heteroatoms. The van der Waals surface area contributed by atoms with Crippen molar-refractivity contribution in [3.05, 3.63) is 17.5 Å². The minimum atomic E-state index is 0.352. The largest absolute Gasteiger partial charge is 0.314 e. The first-order valence-electron chi connectivity index (χ1n) is 7.15. The first kappa shape index (κ1) is 15.2. The number of hydrogen-bond donors (Lipinski definition) is 1. The smallest absolute Gasteiger partial charge is 0.0596 e. The Kier molecular flexibility index (Phi) is 5.39. The summed E-state index contributed by atoms with van der Waals surface area (Å²) in [6.07, 6.45) is 3.51. The van der Waals surface area contributed by atoms with Crippen molar-refractivity contribution in [1.29, 1.82) is 0 Å². The van der Waals surface area contributed by atoms with E-state index >= 15 is 0 Å². The summed E-state index contributed by atoms with van der Waals surface area (Å²) < 4.78 is 2.03. The third kappa shape index (κ3) is 3.84. The molecule has 1 heterocycles. The maximum absolute atomic E-state index is 4.46. The molecule has 3 nitrogen and oxygen atoms in total. The average molecular weight is 251 g/mol. The Morgan fingerprint density at radius 2 is 1.94 bits per heavy atom. The van der Waals surface area contributed by atoms with Gasteiger partial charge in [-0.2, -0.15) is 5.10 Å². The van der Waals surface area contributed by atoms with E-state index in [0.29, 0.717) is 11.5 Å². The summed E-state index contributed by atoms with van der Waals surface area (Å²) in [6.45, 7) is 12.2. The van der Waals surface area contributed by atoms with E-state index in [9.17, 15) is 0 Å². The van der Waals surface area contributed by atoms with Crippen LogP contribution in [0, 0.1) is 12.3 Å². The number of aromatic nitrogens is 2. The van der Waals surface area contributed by atoms with Crippen LogP contribution in [0.5, 0.6) is 0 Å². The molecular formula is C15H29N3. The predicted molar refractivity (Wildman–Crippen MR) is 77.8 cm³/mol. The summed E-state index contributed by atoms with van der Waals surface area (Å²) in [5, 5.41) is 8.06. The molecule has 1 N–H and O–H groups in total. The zero-order chi connectivity index (χ0) is 13.8. The molecule has 0 aliphatic rings. The average Bonchev–Trinajstić information content (AvgIpc) is 2.63. The second kappa shape index (κ2) is 6.37. The van der Waals surface area contributed by atoms with Gasteiger partial charge in [0, 0.05) is 25.3 Å². The quantitative estimate of drug-likeness (QED) is 0.807. The summed E-state index contributed by atoms with van der Waals surface area (Å²) in [5.74, 6) is 0. The third-order valence-electron chi connectivity index (χ3n) is 4.04. The normalized spacial score (nSPS) is 12.4. The van der Waals surface area contributed by atoms with Crippen LogP contribution >= 0.6 is 0 Å². The van der Waals surface area contributed by atoms with E-state index in [1.54, 1.807) is 0 Å². The predicted octanol–water partition coefficient (Wildman–Crippen LogP) is 3.08. The van der Waals surface area contributed by atoms with Crippen molar-refractivity contribution in [2.24, 2.45) is 12.5 Å². The van der Waals surface area contributed by atoms with E-state index in [1.165, 1.54) is 18.5 Å². The van der Waals surface area contributed by atoms with Crippen LogP contribution in [0.2, 0.25) is 0 Å². The van der Waals surface area contributed by atoms with Crippen molar-refractivity contribution < 1.29 is 0 Å². The molecule has 1 aromatic heterocycles. The van der Waals surface area contributed by atoms with Crippen molar-refractivity contribution in [3.63, 3.8) is 0 Å². The van der Waals surface area contributed by atoms with Crippen molar-refractivity contribution in [2.45, 2.75) is 59.9 Å². The SMILES string of the molecule is CCC(CC)(CNC(C)C)Cc1cc(C)nn1C. The zero-order valence-electron chi connectivity index (χ0n) is 12.9. The second-order valence-electron chi connectivity index (χ2n) is 5.82. The van der Waals surface area contributed by atoms with Gasteiger partial charge in [-0.15, -0.1) is 0 Å². The molecule has 0 radical (unpaired) electrons. The molecule has 1 rings (SSSR count). The number of rotatable bonds is 7. The lowest BCUT2D eigenvalue weighted by atomic mass is 9.78. The van der Waals surface area contributed by atoms with Crippen molar-refractivity contribution in [1.82, 2.24) is 15.1 Å². The Balaban J connectivity index is 2.81. The highest BCUT2D eigenvalue weighted by molar-refractivity contribution is 5.11. The Hall–Kier alpha value is -0.830. The lowest BCUT2D eigenvalue weighted by Gasteiger charge is -2.33. The van der Waals surface area contributed by atoms with Gasteiger partial charge in [-0.25, -0.2) is 0 Å². The fourth-order valence-corrected chi connectivity index (χ4v) is 2.45. The fraction of sp³-hybridized carbons (Fsp3) is 0.800. The molecule has 0 aliphatic heterocycles. The molecule has 0 saturated carbocycles. The van der Waals surface area contributed by atoms with Crippen LogP contribution in [0.3, 0.4) is 0 Å². The van der Waals surface area contributed by atoms with E-state index < -0.39 is 0 Å². The van der Waals surface area contributed by atoms with E-state index in [1.807, 2.05) is 11.7 Å². The molecular weight excluding hydrogens is 222 g/mol. The first-order chi connectivity index (χ1) is 8.42. The molecule has 1 aromatic rings. The van der Waals surface area contributed by atoms with Gasteiger partial charge in [0.05, 0.1) is 5.69 Å². The van der Waals surface area contributed by atoms with Crippen LogP contribution < -0.4 is 5.32 Å². The van der Waals surface area contributed by atoms with Crippen LogP contribution in [0.1, 0.15) is 51.9 Å². The summed E-state index contributed by atoms with van der Waals surface area (Å²) >= 11 is 0. The number of nitrogens with one attached hydrogen (secondary N) is 1. The van der Waals surface area contributed by atoms with Gasteiger partial charge < -0.3 is 5.32 Å². The molecule has 0 aromatic carbocycles. The second-order valence-corrected chi connectivity index (χ2v) is 5.82. The highest BCUT2D eigenvalue weighted by atomic mass is 15.3. The van der Waals surface area contributed by atoms with Gasteiger partial charge in [0.1, 0.15) is 0 Å². The monoisotopic (exact) mass is 251 g/mol. The fourth-order valence-electron chi connectivity index (χ4n) is 2.45. The van der Waals surface area contributed by atoms with Gasteiger partial charge in [0.15, 0.2) is 0 Å². The van der Waals surface area contributed by atoms with Crippen molar-refractivity contribution in [3.8, 4) is 0 Å². The maximum Gasteiger partial charge on any atom is 0.0596 e. The molecule has 0 bridgehead atoms. The van der Waals surface area contributed by atoms with Gasteiger partial charge >= 0.3 is 0 Å². The molecule has 0 spiro atoms. The Morgan fingerprint density at radius 1 is 1.33 bits per heavy atom. The summed E-state index contributed by atoms with van der Waals surface area (Å²) in [5.41, 5.74) is 2.82. The third-order valence-corrected chi connectivity index (χ3v) is 4.04. The number of nitrogens with zero attached hydrogens (tertiary/aromatic N) is 2. The minimum Gasteiger partial charge on any atom is -0.314 e. The van der Waals surface area contributed by atoms with Gasteiger partial charge in [-0.3, -0.25) is 4.68 Å². The molecule has 0 fully saturated rings. The Morgan fingerprint density at radius 3 is 2.33 bits per heavy atom. The minimum absolute atomic E-state index is 0.352. The topological polar surface area (TPSA) is 29.9 Å². The Bertz CT molecular complexity index is 362. The van der Waals surface area contributed by atoms with E-state index in [2.05, 4.69) is 51.1 Å². The van der Waals surface area contributed by atoms with Crippen LogP contribution in [-0.4, -0.2) is 22.4 Å². The molecule has 0 saturated heterocycles. The molecule has 0 atom stereocenters. The summed E-state index contributed by atoms with van der Waals surface area (Å²) in [6, 6.07) is 2.77. The Labute approximate surface area is 112 Å². The van der Waals surface area contributed by atoms with Gasteiger partial charge in [0.2, 0.25) is 0 Å². The molecule has 0 amide bonds. The van der Waals surface area contributed by atoms with Gasteiger partial charge in [-0.05, 0) is 37.7 Å². The zero-order valence-corrected chi connectivity index (χ0v) is 12.9. The first-order valence-corrected chi connectivity index (χ1v) is 7.15. The highest BCUT2D eigenvalue weighted by Crippen LogP contribution is 2.30. The van der Waals surface area contributed by atoms with Crippen LogP contribution in [0.25, 0.3) is 0 Å². The van der Waals surface area contributed by atoms with Crippen LogP contribution in [0.15, 0.2) is 6.07 Å². The van der Waals surface area contributed by atoms with Crippen LogP contribution in [-0.2, 0) is 13.5 Å². The highest BCUT2D eigenvalue weighted by Gasteiger charge is 2.27. The summed E-state index contributed by atoms with van der Waals surface area (Å²) in [7, 11) is 2.05. The van der Waals surface area contributed by atoms with E-state index in [-0.39, 0.29) is 0 Å².